The number of oxime groups is 1. The van der Waals surface area contributed by atoms with Crippen LogP contribution in [-0.2, 0) is 4.84 Å². The van der Waals surface area contributed by atoms with E-state index in [1.54, 1.807) is 31.2 Å². The Bertz CT molecular complexity index is 933. The SMILES string of the molecule is CC(=NOC(=O)c1ccc(-c2cc(Cl)ccc2Cl)o1)c1ccccc1. The molecule has 0 saturated heterocycles. The van der Waals surface area contributed by atoms with Gasteiger partial charge in [0.2, 0.25) is 5.76 Å². The van der Waals surface area contributed by atoms with Gasteiger partial charge in [-0.15, -0.1) is 0 Å². The molecule has 0 atom stereocenters. The molecular formula is C19H13Cl2NO3. The lowest BCUT2D eigenvalue weighted by molar-refractivity contribution is 0.0481. The number of hydrogen-bond acceptors (Lipinski definition) is 4. The zero-order valence-electron chi connectivity index (χ0n) is 13.2. The number of rotatable bonds is 4. The molecule has 4 nitrogen and oxygen atoms in total. The van der Waals surface area contributed by atoms with Crippen molar-refractivity contribution in [2.24, 2.45) is 5.16 Å². The van der Waals surface area contributed by atoms with Crippen LogP contribution in [0.4, 0.5) is 0 Å². The smallest absolute Gasteiger partial charge is 0.400 e. The second kappa shape index (κ2) is 7.55. The van der Waals surface area contributed by atoms with E-state index >= 15 is 0 Å². The first-order chi connectivity index (χ1) is 12.0. The average Bonchev–Trinajstić information content (AvgIpc) is 3.12. The molecule has 126 valence electrons. The van der Waals surface area contributed by atoms with Gasteiger partial charge in [0.05, 0.1) is 10.7 Å². The lowest BCUT2D eigenvalue weighted by Gasteiger charge is -2.02. The number of furan rings is 1. The highest BCUT2D eigenvalue weighted by atomic mass is 35.5. The van der Waals surface area contributed by atoms with Gasteiger partial charge < -0.3 is 9.25 Å². The Balaban J connectivity index is 1.76. The number of halogens is 2. The second-order valence-corrected chi connectivity index (χ2v) is 6.05. The highest BCUT2D eigenvalue weighted by Crippen LogP contribution is 2.31. The van der Waals surface area contributed by atoms with Crippen molar-refractivity contribution in [1.29, 1.82) is 0 Å². The summed E-state index contributed by atoms with van der Waals surface area (Å²) < 4.78 is 5.52. The molecule has 0 fully saturated rings. The van der Waals surface area contributed by atoms with E-state index in [2.05, 4.69) is 5.16 Å². The molecule has 0 bridgehead atoms. The molecule has 1 heterocycles. The summed E-state index contributed by atoms with van der Waals surface area (Å²) in [5, 5.41) is 4.83. The molecule has 0 radical (unpaired) electrons. The highest BCUT2D eigenvalue weighted by Gasteiger charge is 2.16. The number of nitrogens with zero attached hydrogens (tertiary/aromatic N) is 1. The molecule has 0 aliphatic heterocycles. The Labute approximate surface area is 154 Å². The lowest BCUT2D eigenvalue weighted by Crippen LogP contribution is -2.02. The minimum absolute atomic E-state index is 0.0238. The summed E-state index contributed by atoms with van der Waals surface area (Å²) in [5.74, 6) is -0.251. The van der Waals surface area contributed by atoms with Crippen LogP contribution in [-0.4, -0.2) is 11.7 Å². The summed E-state index contributed by atoms with van der Waals surface area (Å²) in [7, 11) is 0. The number of carbonyl (C=O) groups is 1. The maximum Gasteiger partial charge on any atom is 0.400 e. The topological polar surface area (TPSA) is 51.8 Å². The molecular weight excluding hydrogens is 361 g/mol. The van der Waals surface area contributed by atoms with E-state index in [0.29, 0.717) is 27.1 Å². The van der Waals surface area contributed by atoms with Gasteiger partial charge >= 0.3 is 5.97 Å². The summed E-state index contributed by atoms with van der Waals surface area (Å²) in [4.78, 5) is 17.0. The van der Waals surface area contributed by atoms with Crippen molar-refractivity contribution in [3.8, 4) is 11.3 Å². The van der Waals surface area contributed by atoms with E-state index < -0.39 is 5.97 Å². The summed E-state index contributed by atoms with van der Waals surface area (Å²) in [6.45, 7) is 1.75. The average molecular weight is 374 g/mol. The van der Waals surface area contributed by atoms with E-state index in [1.807, 2.05) is 30.3 Å². The third-order valence-corrected chi connectivity index (χ3v) is 4.02. The van der Waals surface area contributed by atoms with Crippen molar-refractivity contribution >= 4 is 34.9 Å². The zero-order chi connectivity index (χ0) is 17.8. The van der Waals surface area contributed by atoms with Gasteiger partial charge in [-0.2, -0.15) is 0 Å². The van der Waals surface area contributed by atoms with Crippen molar-refractivity contribution in [2.45, 2.75) is 6.92 Å². The molecule has 0 unspecified atom stereocenters. The molecule has 0 saturated carbocycles. The third-order valence-electron chi connectivity index (χ3n) is 3.46. The maximum absolute atomic E-state index is 12.1. The summed E-state index contributed by atoms with van der Waals surface area (Å²) >= 11 is 12.1. The predicted molar refractivity (Wildman–Crippen MR) is 98.2 cm³/mol. The molecule has 0 aliphatic rings. The molecule has 0 N–H and O–H groups in total. The Hall–Kier alpha value is -2.56. The molecule has 3 rings (SSSR count). The van der Waals surface area contributed by atoms with Crippen molar-refractivity contribution < 1.29 is 14.0 Å². The van der Waals surface area contributed by atoms with Crippen LogP contribution in [0.3, 0.4) is 0 Å². The van der Waals surface area contributed by atoms with Gasteiger partial charge in [0, 0.05) is 10.6 Å². The predicted octanol–water partition coefficient (Wildman–Crippen LogP) is 5.83. The van der Waals surface area contributed by atoms with Gasteiger partial charge in [0.25, 0.3) is 0 Å². The molecule has 0 amide bonds. The Kier molecular flexibility index (Phi) is 5.22. The Morgan fingerprint density at radius 1 is 1.04 bits per heavy atom. The molecule has 0 spiro atoms. The minimum atomic E-state index is -0.695. The monoisotopic (exact) mass is 373 g/mol. The van der Waals surface area contributed by atoms with Gasteiger partial charge in [-0.05, 0) is 42.8 Å². The third kappa shape index (κ3) is 4.10. The van der Waals surface area contributed by atoms with Crippen molar-refractivity contribution in [2.75, 3.05) is 0 Å². The standard InChI is InChI=1S/C19H13Cl2NO3/c1-12(13-5-3-2-4-6-13)22-25-19(23)18-10-9-17(24-18)15-11-14(20)7-8-16(15)21/h2-11H,1H3. The largest absolute Gasteiger partial charge is 0.449 e. The lowest BCUT2D eigenvalue weighted by atomic mass is 10.1. The fraction of sp³-hybridized carbons (Fsp3) is 0.0526. The summed E-state index contributed by atoms with van der Waals surface area (Å²) in [6, 6.07) is 17.5. The van der Waals surface area contributed by atoms with Crippen LogP contribution in [0.1, 0.15) is 23.0 Å². The number of carbonyl (C=O) groups excluding carboxylic acids is 1. The first-order valence-corrected chi connectivity index (χ1v) is 8.17. The molecule has 6 heteroatoms. The van der Waals surface area contributed by atoms with Crippen LogP contribution >= 0.6 is 23.2 Å². The van der Waals surface area contributed by atoms with Gasteiger partial charge in [0.15, 0.2) is 0 Å². The van der Waals surface area contributed by atoms with E-state index in [1.165, 1.54) is 6.07 Å². The summed E-state index contributed by atoms with van der Waals surface area (Å²) in [5.41, 5.74) is 2.04. The first kappa shape index (κ1) is 17.3. The quantitative estimate of drug-likeness (QED) is 0.328. The van der Waals surface area contributed by atoms with Gasteiger partial charge in [-0.25, -0.2) is 4.79 Å². The Morgan fingerprint density at radius 3 is 2.56 bits per heavy atom. The maximum atomic E-state index is 12.1. The van der Waals surface area contributed by atoms with E-state index in [-0.39, 0.29) is 5.76 Å². The van der Waals surface area contributed by atoms with Gasteiger partial charge in [-0.3, -0.25) is 0 Å². The highest BCUT2D eigenvalue weighted by molar-refractivity contribution is 6.35. The van der Waals surface area contributed by atoms with Crippen LogP contribution in [0.25, 0.3) is 11.3 Å². The normalized spacial score (nSPS) is 11.4. The van der Waals surface area contributed by atoms with Crippen molar-refractivity contribution in [3.05, 3.63) is 82.0 Å². The van der Waals surface area contributed by atoms with Crippen molar-refractivity contribution in [1.82, 2.24) is 0 Å². The fourth-order valence-corrected chi connectivity index (χ4v) is 2.55. The molecule has 2 aromatic carbocycles. The fourth-order valence-electron chi connectivity index (χ4n) is 2.17. The van der Waals surface area contributed by atoms with Crippen LogP contribution < -0.4 is 0 Å². The van der Waals surface area contributed by atoms with Crippen LogP contribution in [0.15, 0.2) is 70.2 Å². The molecule has 25 heavy (non-hydrogen) atoms. The van der Waals surface area contributed by atoms with Crippen LogP contribution in [0, 0.1) is 0 Å². The minimum Gasteiger partial charge on any atom is -0.449 e. The van der Waals surface area contributed by atoms with Crippen LogP contribution in [0.5, 0.6) is 0 Å². The van der Waals surface area contributed by atoms with E-state index in [9.17, 15) is 4.79 Å². The second-order valence-electron chi connectivity index (χ2n) is 5.21. The molecule has 0 aliphatic carbocycles. The molecule has 3 aromatic rings. The molecule has 1 aromatic heterocycles. The van der Waals surface area contributed by atoms with E-state index in [4.69, 9.17) is 32.5 Å². The number of hydrogen-bond donors (Lipinski definition) is 0. The van der Waals surface area contributed by atoms with E-state index in [0.717, 1.165) is 5.56 Å². The van der Waals surface area contributed by atoms with Gasteiger partial charge in [0.1, 0.15) is 5.76 Å². The Morgan fingerprint density at radius 2 is 1.80 bits per heavy atom. The first-order valence-electron chi connectivity index (χ1n) is 7.41. The number of benzene rings is 2. The van der Waals surface area contributed by atoms with Gasteiger partial charge in [-0.1, -0.05) is 58.7 Å². The van der Waals surface area contributed by atoms with Crippen molar-refractivity contribution in [3.63, 3.8) is 0 Å². The zero-order valence-corrected chi connectivity index (χ0v) is 14.7. The summed E-state index contributed by atoms with van der Waals surface area (Å²) in [6.07, 6.45) is 0. The van der Waals surface area contributed by atoms with Crippen LogP contribution in [0.2, 0.25) is 10.0 Å².